The molecule has 0 spiro atoms. The Balaban J connectivity index is 1.81. The van der Waals surface area contributed by atoms with Crippen molar-refractivity contribution in [3.05, 3.63) is 63.9 Å². The van der Waals surface area contributed by atoms with E-state index < -0.39 is 11.9 Å². The van der Waals surface area contributed by atoms with Gasteiger partial charge in [0.15, 0.2) is 0 Å². The number of halogens is 2. The van der Waals surface area contributed by atoms with Crippen LogP contribution in [-0.2, 0) is 0 Å². The Morgan fingerprint density at radius 2 is 2.04 bits per heavy atom. The lowest BCUT2D eigenvalue weighted by Crippen LogP contribution is -2.28. The number of hydrogen-bond acceptors (Lipinski definition) is 4. The highest BCUT2D eigenvalue weighted by Gasteiger charge is 2.22. The zero-order valence-corrected chi connectivity index (χ0v) is 15.4. The molecule has 1 unspecified atom stereocenters. The van der Waals surface area contributed by atoms with Gasteiger partial charge in [0.05, 0.1) is 18.7 Å². The third-order valence-corrected chi connectivity index (χ3v) is 4.87. The lowest BCUT2D eigenvalue weighted by molar-refractivity contribution is 0.0936. The van der Waals surface area contributed by atoms with Crippen LogP contribution in [0.2, 0.25) is 5.02 Å². The predicted octanol–water partition coefficient (Wildman–Crippen LogP) is 3.17. The summed E-state index contributed by atoms with van der Waals surface area (Å²) in [7, 11) is 1.53. The fourth-order valence-corrected chi connectivity index (χ4v) is 3.45. The zero-order valence-electron chi connectivity index (χ0n) is 14.6. The molecule has 3 N–H and O–H groups in total. The largest absolute Gasteiger partial charge is 0.496 e. The molecule has 1 fully saturated rings. The fourth-order valence-electron chi connectivity index (χ4n) is 3.12. The number of hydrazine groups is 1. The molecule has 1 saturated heterocycles. The number of hydrogen-bond donors (Lipinski definition) is 3. The number of ether oxygens (including phenoxy) is 1. The standard InChI is InChI=1S/C19H21ClFN3O2/c1-11(18-15(20)4-3-5-16(18)21)24-19(25)14-7-6-12(8-17(14)26-2)13-9-22-23-10-13/h3-8,11,13,22-23H,9-10H2,1-2H3,(H,24,25). The summed E-state index contributed by atoms with van der Waals surface area (Å²) in [6.07, 6.45) is 0. The van der Waals surface area contributed by atoms with Crippen molar-refractivity contribution in [3.8, 4) is 5.75 Å². The van der Waals surface area contributed by atoms with Crippen LogP contribution >= 0.6 is 11.6 Å². The van der Waals surface area contributed by atoms with Gasteiger partial charge in [-0.25, -0.2) is 4.39 Å². The predicted molar refractivity (Wildman–Crippen MR) is 99.0 cm³/mol. The van der Waals surface area contributed by atoms with Gasteiger partial charge in [-0.2, -0.15) is 0 Å². The molecule has 0 aromatic heterocycles. The van der Waals surface area contributed by atoms with Crippen molar-refractivity contribution in [3.63, 3.8) is 0 Å². The summed E-state index contributed by atoms with van der Waals surface area (Å²) in [6, 6.07) is 9.39. The van der Waals surface area contributed by atoms with E-state index in [1.54, 1.807) is 19.1 Å². The van der Waals surface area contributed by atoms with Crippen LogP contribution in [0.4, 0.5) is 4.39 Å². The van der Waals surface area contributed by atoms with Crippen LogP contribution in [0, 0.1) is 5.82 Å². The summed E-state index contributed by atoms with van der Waals surface area (Å²) >= 11 is 6.08. The summed E-state index contributed by atoms with van der Waals surface area (Å²) in [6.45, 7) is 3.33. The highest BCUT2D eigenvalue weighted by Crippen LogP contribution is 2.28. The van der Waals surface area contributed by atoms with Crippen LogP contribution in [0.3, 0.4) is 0 Å². The Kier molecular flexibility index (Phi) is 5.76. The molecular formula is C19H21ClFN3O2. The minimum atomic E-state index is -0.580. The molecule has 1 aliphatic rings. The van der Waals surface area contributed by atoms with Crippen LogP contribution in [0.5, 0.6) is 5.75 Å². The maximum Gasteiger partial charge on any atom is 0.255 e. The van der Waals surface area contributed by atoms with E-state index in [2.05, 4.69) is 16.2 Å². The number of carbonyl (C=O) groups excluding carboxylic acids is 1. The first-order valence-corrected chi connectivity index (χ1v) is 8.77. The van der Waals surface area contributed by atoms with Crippen LogP contribution in [0.25, 0.3) is 0 Å². The number of carbonyl (C=O) groups is 1. The Morgan fingerprint density at radius 1 is 1.31 bits per heavy atom. The van der Waals surface area contributed by atoms with E-state index >= 15 is 0 Å². The Bertz CT molecular complexity index is 789. The van der Waals surface area contributed by atoms with Gasteiger partial charge in [-0.3, -0.25) is 15.6 Å². The minimum Gasteiger partial charge on any atom is -0.496 e. The molecule has 26 heavy (non-hydrogen) atoms. The zero-order chi connectivity index (χ0) is 18.7. The second kappa shape index (κ2) is 8.03. The van der Waals surface area contributed by atoms with Crippen molar-refractivity contribution in [1.82, 2.24) is 16.2 Å². The van der Waals surface area contributed by atoms with E-state index in [9.17, 15) is 9.18 Å². The van der Waals surface area contributed by atoms with Crippen molar-refractivity contribution in [1.29, 1.82) is 0 Å². The maximum absolute atomic E-state index is 14.1. The van der Waals surface area contributed by atoms with Crippen molar-refractivity contribution in [2.24, 2.45) is 0 Å². The van der Waals surface area contributed by atoms with Gasteiger partial charge in [-0.05, 0) is 36.8 Å². The second-order valence-corrected chi connectivity index (χ2v) is 6.66. The number of benzene rings is 2. The molecule has 3 rings (SSSR count). The number of amides is 1. The van der Waals surface area contributed by atoms with Gasteiger partial charge in [0.2, 0.25) is 0 Å². The molecule has 0 radical (unpaired) electrons. The molecule has 1 aliphatic heterocycles. The lowest BCUT2D eigenvalue weighted by atomic mass is 9.98. The van der Waals surface area contributed by atoms with E-state index in [1.807, 2.05) is 12.1 Å². The number of rotatable bonds is 5. The first kappa shape index (κ1) is 18.6. The van der Waals surface area contributed by atoms with Gasteiger partial charge >= 0.3 is 0 Å². The molecule has 1 amide bonds. The molecule has 1 atom stereocenters. The summed E-state index contributed by atoms with van der Waals surface area (Å²) in [5, 5.41) is 3.07. The molecule has 7 heteroatoms. The van der Waals surface area contributed by atoms with E-state index in [1.165, 1.54) is 19.2 Å². The van der Waals surface area contributed by atoms with Gasteiger partial charge in [0.1, 0.15) is 11.6 Å². The van der Waals surface area contributed by atoms with Crippen molar-refractivity contribution in [2.45, 2.75) is 18.9 Å². The van der Waals surface area contributed by atoms with E-state index in [0.717, 1.165) is 18.7 Å². The summed E-state index contributed by atoms with van der Waals surface area (Å²) in [5.74, 6) is 0.00706. The summed E-state index contributed by atoms with van der Waals surface area (Å²) < 4.78 is 19.5. The second-order valence-electron chi connectivity index (χ2n) is 6.25. The van der Waals surface area contributed by atoms with Crippen LogP contribution in [0.15, 0.2) is 36.4 Å². The third-order valence-electron chi connectivity index (χ3n) is 4.54. The average Bonchev–Trinajstić information content (AvgIpc) is 3.15. The third kappa shape index (κ3) is 3.82. The Labute approximate surface area is 156 Å². The van der Waals surface area contributed by atoms with Gasteiger partial charge < -0.3 is 10.1 Å². The first-order chi connectivity index (χ1) is 12.5. The van der Waals surface area contributed by atoms with Gasteiger partial charge in [0, 0.05) is 29.6 Å². The summed E-state index contributed by atoms with van der Waals surface area (Å²) in [5.41, 5.74) is 7.91. The smallest absolute Gasteiger partial charge is 0.255 e. The summed E-state index contributed by atoms with van der Waals surface area (Å²) in [4.78, 5) is 12.7. The molecule has 1 heterocycles. The molecule has 2 aromatic rings. The monoisotopic (exact) mass is 377 g/mol. The van der Waals surface area contributed by atoms with Crippen molar-refractivity contribution in [2.75, 3.05) is 20.2 Å². The Morgan fingerprint density at radius 3 is 2.69 bits per heavy atom. The van der Waals surface area contributed by atoms with Gasteiger partial charge in [-0.15, -0.1) is 0 Å². The van der Waals surface area contributed by atoms with Crippen LogP contribution in [0.1, 0.15) is 40.4 Å². The number of methoxy groups -OCH3 is 1. The number of nitrogens with one attached hydrogen (secondary N) is 3. The molecular weight excluding hydrogens is 357 g/mol. The molecule has 0 aliphatic carbocycles. The average molecular weight is 378 g/mol. The normalized spacial score (nSPS) is 15.7. The van der Waals surface area contributed by atoms with E-state index in [4.69, 9.17) is 16.3 Å². The van der Waals surface area contributed by atoms with Gasteiger partial charge in [0.25, 0.3) is 5.91 Å². The minimum absolute atomic E-state index is 0.265. The lowest BCUT2D eigenvalue weighted by Gasteiger charge is -2.18. The SMILES string of the molecule is COc1cc(C2CNNC2)ccc1C(=O)NC(C)c1c(F)cccc1Cl. The highest BCUT2D eigenvalue weighted by atomic mass is 35.5. The molecule has 138 valence electrons. The first-order valence-electron chi connectivity index (χ1n) is 8.39. The topological polar surface area (TPSA) is 62.4 Å². The molecule has 0 saturated carbocycles. The maximum atomic E-state index is 14.1. The molecule has 2 aromatic carbocycles. The van der Waals surface area contributed by atoms with E-state index in [0.29, 0.717) is 17.2 Å². The highest BCUT2D eigenvalue weighted by molar-refractivity contribution is 6.31. The van der Waals surface area contributed by atoms with Crippen LogP contribution < -0.4 is 20.9 Å². The molecule has 5 nitrogen and oxygen atoms in total. The fraction of sp³-hybridized carbons (Fsp3) is 0.316. The molecule has 0 bridgehead atoms. The van der Waals surface area contributed by atoms with Gasteiger partial charge in [-0.1, -0.05) is 23.7 Å². The Hall–Kier alpha value is -2.15. The van der Waals surface area contributed by atoms with Crippen molar-refractivity contribution < 1.29 is 13.9 Å². The van der Waals surface area contributed by atoms with E-state index in [-0.39, 0.29) is 16.5 Å². The van der Waals surface area contributed by atoms with Crippen molar-refractivity contribution >= 4 is 17.5 Å². The quantitative estimate of drug-likeness (QED) is 0.749. The van der Waals surface area contributed by atoms with Crippen LogP contribution in [-0.4, -0.2) is 26.1 Å².